The summed E-state index contributed by atoms with van der Waals surface area (Å²) >= 11 is 2.39. The van der Waals surface area contributed by atoms with E-state index in [9.17, 15) is 13.2 Å². The molecule has 0 amide bonds. The van der Waals surface area contributed by atoms with Crippen LogP contribution in [0.2, 0.25) is 0 Å². The summed E-state index contributed by atoms with van der Waals surface area (Å²) in [7, 11) is 0. The Hall–Kier alpha value is 0.0562. The van der Waals surface area contributed by atoms with Crippen LogP contribution >= 0.6 is 12.9 Å². The van der Waals surface area contributed by atoms with Crippen LogP contribution in [0.15, 0.2) is 24.3 Å². The summed E-state index contributed by atoms with van der Waals surface area (Å²) in [6, 6.07) is 6.15. The number of halogens is 4. The third-order valence-electron chi connectivity index (χ3n) is 1.34. The van der Waals surface area contributed by atoms with Gasteiger partial charge in [0.2, 0.25) is 0 Å². The number of para-hydroxylation sites is 1. The van der Waals surface area contributed by atoms with Crippen LogP contribution < -0.4 is 8.43 Å². The minimum absolute atomic E-state index is 0.0986. The Kier molecular flexibility index (Phi) is 3.87. The predicted molar refractivity (Wildman–Crippen MR) is 47.4 cm³/mol. The minimum Gasteiger partial charge on any atom is -0.408 e. The average Bonchev–Trinajstić information content (AvgIpc) is 2.02. The fourth-order valence-corrected chi connectivity index (χ4v) is 2.78. The molecule has 0 aromatic heterocycles. The second-order valence-electron chi connectivity index (χ2n) is 2.29. The van der Waals surface area contributed by atoms with Gasteiger partial charge in [-0.1, -0.05) is 18.2 Å². The van der Waals surface area contributed by atoms with Crippen LogP contribution in [-0.4, -0.2) is 24.6 Å². The number of alkyl halides is 3. The van der Waals surface area contributed by atoms with Crippen LogP contribution in [0.3, 0.4) is 0 Å². The molecule has 0 bridgehead atoms. The van der Waals surface area contributed by atoms with Gasteiger partial charge in [0.05, 0.1) is 0 Å². The lowest BCUT2D eigenvalue weighted by molar-refractivity contribution is -0.274. The Balaban J connectivity index is 2.87. The topological polar surface area (TPSA) is 9.23 Å². The van der Waals surface area contributed by atoms with E-state index in [1.807, 2.05) is 0 Å². The first-order chi connectivity index (χ1) is 6.03. The number of rotatable bonds is 2. The van der Waals surface area contributed by atoms with Gasteiger partial charge >= 0.3 is 24.6 Å². The number of hydrogen-bond acceptors (Lipinski definition) is 1. The Morgan fingerprint density at radius 1 is 1.23 bits per heavy atom. The van der Waals surface area contributed by atoms with Crippen molar-refractivity contribution in [2.75, 3.05) is 0 Å². The van der Waals surface area contributed by atoms with Gasteiger partial charge in [-0.2, -0.15) is 0 Å². The van der Waals surface area contributed by atoms with Crippen molar-refractivity contribution in [1.29, 1.82) is 0 Å². The van der Waals surface area contributed by atoms with Crippen LogP contribution in [0.25, 0.3) is 0 Å². The van der Waals surface area contributed by atoms with Gasteiger partial charge in [0.25, 0.3) is 0 Å². The zero-order valence-electron chi connectivity index (χ0n) is 6.44. The highest BCUT2D eigenvalue weighted by Crippen LogP contribution is 2.20. The molecule has 0 aliphatic rings. The molecule has 0 aliphatic carbocycles. The van der Waals surface area contributed by atoms with Crippen LogP contribution in [-0.2, 0) is 0 Å². The maximum atomic E-state index is 11.8. The summed E-state index contributed by atoms with van der Waals surface area (Å²) in [5, 5.41) is 0. The van der Waals surface area contributed by atoms with E-state index in [0.717, 1.165) is 0 Å². The Labute approximate surface area is 88.9 Å². The van der Waals surface area contributed by atoms with Gasteiger partial charge in [0.15, 0.2) is 0 Å². The first-order valence-corrected chi connectivity index (χ1v) is 8.03. The fraction of sp³-hybridized carbons (Fsp3) is 0.143. The first-order valence-electron chi connectivity index (χ1n) is 3.42. The van der Waals surface area contributed by atoms with Crippen molar-refractivity contribution in [3.05, 3.63) is 24.3 Å². The van der Waals surface area contributed by atoms with Crippen molar-refractivity contribution < 1.29 is 17.9 Å². The first kappa shape index (κ1) is 11.1. The Bertz CT molecular complexity index is 289. The zero-order chi connectivity index (χ0) is 9.90. The summed E-state index contributed by atoms with van der Waals surface area (Å²) < 4.78 is 39.9. The van der Waals surface area contributed by atoms with E-state index in [1.54, 1.807) is 12.1 Å². The van der Waals surface area contributed by atoms with Crippen molar-refractivity contribution in [3.8, 4) is 5.75 Å². The summed E-state index contributed by atoms with van der Waals surface area (Å²) in [5.41, 5.74) is 0. The molecule has 0 atom stereocenters. The van der Waals surface area contributed by atoms with Crippen LogP contribution in [0.1, 0.15) is 0 Å². The van der Waals surface area contributed by atoms with Crippen molar-refractivity contribution >= 4 is 34.8 Å². The molecule has 0 N–H and O–H groups in total. The van der Waals surface area contributed by atoms with Gasteiger partial charge in [-0.05, 0) is 6.07 Å². The third kappa shape index (κ3) is 3.74. The molecule has 13 heavy (non-hydrogen) atoms. The molecule has 68 valence electrons. The monoisotopic (exact) mass is 264 g/mol. The fourth-order valence-electron chi connectivity index (χ4n) is 0.838. The van der Waals surface area contributed by atoms with Gasteiger partial charge in [-0.3, -0.25) is 12.9 Å². The molecule has 1 aromatic carbocycles. The lowest BCUT2D eigenvalue weighted by Gasteiger charge is -2.11. The van der Waals surface area contributed by atoms with Gasteiger partial charge in [-0.15, -0.1) is 16.9 Å². The Morgan fingerprint density at radius 2 is 1.85 bits per heavy atom. The van der Waals surface area contributed by atoms with Gasteiger partial charge in [0.1, 0.15) is 5.75 Å². The zero-order valence-corrected chi connectivity index (χ0v) is 9.44. The van der Waals surface area contributed by atoms with Crippen molar-refractivity contribution in [2.45, 2.75) is 6.36 Å². The molecule has 0 radical (unpaired) electrons. The van der Waals surface area contributed by atoms with E-state index >= 15 is 0 Å². The summed E-state index contributed by atoms with van der Waals surface area (Å²) in [5.74, 6) is -0.0986. The predicted octanol–water partition coefficient (Wildman–Crippen LogP) is 2.22. The summed E-state index contributed by atoms with van der Waals surface area (Å²) in [6.45, 7) is 0. The van der Waals surface area contributed by atoms with E-state index in [4.69, 9.17) is 0 Å². The van der Waals surface area contributed by atoms with E-state index in [-0.39, 0.29) is 5.75 Å². The molecular formula is C7H4BrF3MgO. The number of benzene rings is 1. The molecular weight excluding hydrogens is 261 g/mol. The standard InChI is InChI=1S/C7H4F3O.BrH.Mg/c8-7(9,10)11-6-4-2-1-3-5-6;;/h1-4H;1H;/q;;+1/p-1. The molecule has 0 heterocycles. The third-order valence-corrected chi connectivity index (χ3v) is 4.03. The molecule has 0 aliphatic heterocycles. The second kappa shape index (κ2) is 4.52. The van der Waals surface area contributed by atoms with Crippen LogP contribution in [0, 0.1) is 0 Å². The summed E-state index contributed by atoms with van der Waals surface area (Å²) in [6.07, 6.45) is -4.60. The van der Waals surface area contributed by atoms with Crippen LogP contribution in [0.5, 0.6) is 5.75 Å². The van der Waals surface area contributed by atoms with Crippen molar-refractivity contribution in [3.63, 3.8) is 0 Å². The maximum Gasteiger partial charge on any atom is 0.573 e. The molecule has 1 nitrogen and oxygen atoms in total. The maximum absolute atomic E-state index is 11.8. The lowest BCUT2D eigenvalue weighted by atomic mass is 10.3. The molecule has 1 aromatic rings. The molecule has 1 rings (SSSR count). The smallest absolute Gasteiger partial charge is 0.408 e. The second-order valence-corrected chi connectivity index (χ2v) is 5.00. The molecule has 6 heteroatoms. The molecule has 0 unspecified atom stereocenters. The Morgan fingerprint density at radius 3 is 2.38 bits per heavy atom. The van der Waals surface area contributed by atoms with Crippen molar-refractivity contribution in [1.82, 2.24) is 0 Å². The highest BCUT2D eigenvalue weighted by atomic mass is 79.9. The normalized spacial score (nSPS) is 10.8. The van der Waals surface area contributed by atoms with E-state index in [1.165, 1.54) is 12.1 Å². The number of ether oxygens (including phenoxy) is 1. The number of hydrogen-bond donors (Lipinski definition) is 0. The largest absolute Gasteiger partial charge is 0.573 e. The quantitative estimate of drug-likeness (QED) is 0.745. The van der Waals surface area contributed by atoms with Crippen molar-refractivity contribution in [2.24, 2.45) is 0 Å². The molecule has 0 spiro atoms. The van der Waals surface area contributed by atoms with Gasteiger partial charge in [0, 0.05) is 0 Å². The van der Waals surface area contributed by atoms with E-state index in [0.29, 0.717) is 3.69 Å². The molecule has 0 saturated carbocycles. The van der Waals surface area contributed by atoms with E-state index < -0.39 is 24.6 Å². The average molecular weight is 265 g/mol. The highest BCUT2D eigenvalue weighted by molar-refractivity contribution is 9.23. The SMILES string of the molecule is FC(F)(F)Oc1cccc[c]1[Mg][Br]. The van der Waals surface area contributed by atoms with Gasteiger partial charge in [-0.25, -0.2) is 0 Å². The van der Waals surface area contributed by atoms with E-state index in [2.05, 4.69) is 17.6 Å². The lowest BCUT2D eigenvalue weighted by Crippen LogP contribution is -2.23. The highest BCUT2D eigenvalue weighted by Gasteiger charge is 2.31. The minimum atomic E-state index is -4.60. The molecule has 0 saturated heterocycles. The summed E-state index contributed by atoms with van der Waals surface area (Å²) in [4.78, 5) is 0. The molecule has 0 fully saturated rings. The van der Waals surface area contributed by atoms with Crippen LogP contribution in [0.4, 0.5) is 13.2 Å². The van der Waals surface area contributed by atoms with Gasteiger partial charge < -0.3 is 4.74 Å².